The van der Waals surface area contributed by atoms with E-state index < -0.39 is 42.9 Å². The van der Waals surface area contributed by atoms with Crippen LogP contribution in [0.3, 0.4) is 0 Å². The number of benzene rings is 2. The number of carbonyl (C=O) groups is 2. The zero-order chi connectivity index (χ0) is 21.9. The van der Waals surface area contributed by atoms with Crippen LogP contribution < -0.4 is 0 Å². The molecule has 0 bridgehead atoms. The summed E-state index contributed by atoms with van der Waals surface area (Å²) in [6, 6.07) is 13.6. The lowest BCUT2D eigenvalue weighted by molar-refractivity contribution is -0.170. The fraction of sp³-hybridized carbons (Fsp3) is 0.364. The molecule has 2 aromatic rings. The van der Waals surface area contributed by atoms with Crippen LogP contribution in [-0.2, 0) is 14.2 Å². The van der Waals surface area contributed by atoms with Crippen molar-refractivity contribution in [1.29, 1.82) is 0 Å². The molecule has 0 aromatic heterocycles. The molecule has 3 rings (SSSR count). The molecule has 2 N–H and O–H groups in total. The van der Waals surface area contributed by atoms with Crippen LogP contribution >= 0.6 is 0 Å². The van der Waals surface area contributed by atoms with E-state index in [9.17, 15) is 19.8 Å². The molecule has 1 aliphatic heterocycles. The van der Waals surface area contributed by atoms with Gasteiger partial charge in [-0.1, -0.05) is 36.4 Å². The molecular weight excluding hydrogens is 376 g/mol. The van der Waals surface area contributed by atoms with Gasteiger partial charge in [0.25, 0.3) is 0 Å². The molecule has 1 saturated heterocycles. The van der Waals surface area contributed by atoms with Gasteiger partial charge in [-0.25, -0.2) is 9.59 Å². The maximum Gasteiger partial charge on any atom is 0.338 e. The van der Waals surface area contributed by atoms with Gasteiger partial charge in [0.15, 0.2) is 18.0 Å². The average Bonchev–Trinajstić information content (AvgIpc) is 2.97. The summed E-state index contributed by atoms with van der Waals surface area (Å²) in [5.74, 6) is -1.35. The van der Waals surface area contributed by atoms with Crippen LogP contribution in [0.5, 0.6) is 0 Å². The molecule has 1 unspecified atom stereocenters. The lowest BCUT2D eigenvalue weighted by Gasteiger charge is -2.27. The number of hydrogen-bond acceptors (Lipinski definition) is 7. The van der Waals surface area contributed by atoms with Crippen molar-refractivity contribution in [2.24, 2.45) is 0 Å². The molecule has 1 aliphatic rings. The third-order valence-electron chi connectivity index (χ3n) is 4.90. The summed E-state index contributed by atoms with van der Waals surface area (Å²) in [4.78, 5) is 25.0. The summed E-state index contributed by atoms with van der Waals surface area (Å²) in [5, 5.41) is 20.8. The van der Waals surface area contributed by atoms with E-state index in [1.807, 2.05) is 0 Å². The Morgan fingerprint density at radius 1 is 1.07 bits per heavy atom. The van der Waals surface area contributed by atoms with E-state index in [2.05, 4.69) is 0 Å². The third kappa shape index (κ3) is 4.32. The lowest BCUT2D eigenvalue weighted by Crippen LogP contribution is -2.48. The first-order valence-corrected chi connectivity index (χ1v) is 9.12. The zero-order valence-corrected chi connectivity index (χ0v) is 16.2. The highest BCUT2D eigenvalue weighted by molar-refractivity contribution is 5.91. The second kappa shape index (κ2) is 8.32. The Hall–Kier alpha value is -2.74. The van der Waals surface area contributed by atoms with Crippen LogP contribution in [0.4, 0.5) is 0 Å². The van der Waals surface area contributed by atoms with Crippen molar-refractivity contribution in [3.8, 4) is 0 Å². The molecule has 0 aliphatic carbocycles. The highest BCUT2D eigenvalue weighted by atomic mass is 16.7. The lowest BCUT2D eigenvalue weighted by atomic mass is 9.97. The quantitative estimate of drug-likeness (QED) is 0.740. The smallest absolute Gasteiger partial charge is 0.338 e. The van der Waals surface area contributed by atoms with E-state index >= 15 is 0 Å². The van der Waals surface area contributed by atoms with Crippen LogP contribution in [0.25, 0.3) is 0 Å². The zero-order valence-electron chi connectivity index (χ0n) is 17.2. The molecule has 4 atom stereocenters. The molecule has 7 heteroatoms. The Morgan fingerprint density at radius 3 is 2.17 bits per heavy atom. The molecule has 154 valence electrons. The summed E-state index contributed by atoms with van der Waals surface area (Å²) < 4.78 is 23.6. The summed E-state index contributed by atoms with van der Waals surface area (Å²) in [6.07, 6.45) is -4.31. The first kappa shape index (κ1) is 19.6. The van der Waals surface area contributed by atoms with Crippen molar-refractivity contribution in [3.63, 3.8) is 0 Å². The van der Waals surface area contributed by atoms with Crippen LogP contribution in [-0.4, -0.2) is 52.9 Å². The second-order valence-corrected chi connectivity index (χ2v) is 7.07. The van der Waals surface area contributed by atoms with Gasteiger partial charge in [0.2, 0.25) is 0 Å². The number of ether oxygens (including phenoxy) is 3. The highest BCUT2D eigenvalue weighted by Gasteiger charge is 2.55. The van der Waals surface area contributed by atoms with Gasteiger partial charge in [0.1, 0.15) is 12.7 Å². The normalized spacial score (nSPS) is 26.6. The van der Waals surface area contributed by atoms with Crippen molar-refractivity contribution in [2.75, 3.05) is 6.61 Å². The Bertz CT molecular complexity index is 931. The predicted octanol–water partition coefficient (Wildman–Crippen LogP) is 2.15. The molecule has 29 heavy (non-hydrogen) atoms. The van der Waals surface area contributed by atoms with E-state index in [1.54, 1.807) is 62.4 Å². The van der Waals surface area contributed by atoms with Gasteiger partial charge >= 0.3 is 11.9 Å². The van der Waals surface area contributed by atoms with Gasteiger partial charge in [-0.2, -0.15) is 0 Å². The molecule has 2 aromatic carbocycles. The second-order valence-electron chi connectivity index (χ2n) is 7.07. The standard InChI is InChI=1S/C22H24O7/c1-13-8-4-6-10-15(13)19(23)27-12-17-18(22(3,26)21(25)28-17)29-20(24)16-11-7-5-9-14(16)2/h4-11,17-18,21,25-26H,12H2,1-3H3/t17-,18-,21?,22-/m1/s1/i3D. The Labute approximate surface area is 170 Å². The number of aliphatic hydroxyl groups excluding tert-OH is 1. The largest absolute Gasteiger partial charge is 0.459 e. The molecule has 1 heterocycles. The van der Waals surface area contributed by atoms with E-state index in [0.29, 0.717) is 11.1 Å². The van der Waals surface area contributed by atoms with Crippen molar-refractivity contribution in [1.82, 2.24) is 0 Å². The molecule has 1 fully saturated rings. The average molecular weight is 401 g/mol. The van der Waals surface area contributed by atoms with Gasteiger partial charge < -0.3 is 24.4 Å². The van der Waals surface area contributed by atoms with Gasteiger partial charge in [-0.3, -0.25) is 0 Å². The maximum atomic E-state index is 12.6. The molecule has 0 amide bonds. The summed E-state index contributed by atoms with van der Waals surface area (Å²) >= 11 is 0. The number of aryl methyl sites for hydroxylation is 2. The summed E-state index contributed by atoms with van der Waals surface area (Å²) in [7, 11) is 0. The fourth-order valence-corrected chi connectivity index (χ4v) is 3.14. The van der Waals surface area contributed by atoms with Crippen LogP contribution in [0.1, 0.15) is 40.1 Å². The monoisotopic (exact) mass is 401 g/mol. The Kier molecular flexibility index (Phi) is 5.62. The van der Waals surface area contributed by atoms with Gasteiger partial charge in [-0.15, -0.1) is 0 Å². The minimum absolute atomic E-state index is 0.280. The summed E-state index contributed by atoms with van der Waals surface area (Å²) in [5.41, 5.74) is -0.126. The van der Waals surface area contributed by atoms with Gasteiger partial charge in [0, 0.05) is 1.37 Å². The first-order chi connectivity index (χ1) is 14.3. The minimum Gasteiger partial charge on any atom is -0.459 e. The van der Waals surface area contributed by atoms with Crippen molar-refractivity contribution < 1.29 is 35.4 Å². The third-order valence-corrected chi connectivity index (χ3v) is 4.90. The van der Waals surface area contributed by atoms with Crippen LogP contribution in [0, 0.1) is 13.8 Å². The van der Waals surface area contributed by atoms with Crippen molar-refractivity contribution >= 4 is 11.9 Å². The summed E-state index contributed by atoms with van der Waals surface area (Å²) in [6.45, 7) is 2.44. The highest BCUT2D eigenvalue weighted by Crippen LogP contribution is 2.33. The van der Waals surface area contributed by atoms with Crippen molar-refractivity contribution in [3.05, 3.63) is 70.8 Å². The van der Waals surface area contributed by atoms with E-state index in [1.165, 1.54) is 0 Å². The van der Waals surface area contributed by atoms with Gasteiger partial charge in [0.05, 0.1) is 11.1 Å². The van der Waals surface area contributed by atoms with Crippen LogP contribution in [0.2, 0.25) is 0 Å². The molecule has 0 radical (unpaired) electrons. The van der Waals surface area contributed by atoms with E-state index in [-0.39, 0.29) is 12.2 Å². The SMILES string of the molecule is [2H]C[C@]1(O)C(O)O[C@H](COC(=O)c2ccccc2C)[C@H]1OC(=O)c1ccccc1C. The molecular formula is C22H24O7. The number of aliphatic hydroxyl groups is 2. The fourth-order valence-electron chi connectivity index (χ4n) is 3.14. The molecule has 0 spiro atoms. The molecule has 0 saturated carbocycles. The Balaban J connectivity index is 1.77. The van der Waals surface area contributed by atoms with E-state index in [4.69, 9.17) is 15.6 Å². The minimum atomic E-state index is -2.15. The van der Waals surface area contributed by atoms with Gasteiger partial charge in [-0.05, 0) is 44.0 Å². The van der Waals surface area contributed by atoms with Crippen molar-refractivity contribution in [2.45, 2.75) is 44.8 Å². The van der Waals surface area contributed by atoms with Crippen LogP contribution in [0.15, 0.2) is 48.5 Å². The molecule has 7 nitrogen and oxygen atoms in total. The number of carbonyl (C=O) groups excluding carboxylic acids is 2. The first-order valence-electron chi connectivity index (χ1n) is 9.83. The topological polar surface area (TPSA) is 102 Å². The maximum absolute atomic E-state index is 12.6. The number of rotatable bonds is 5. The Morgan fingerprint density at radius 2 is 1.62 bits per heavy atom. The van der Waals surface area contributed by atoms with E-state index in [0.717, 1.165) is 5.56 Å². The number of esters is 2. The predicted molar refractivity (Wildman–Crippen MR) is 103 cm³/mol. The number of hydrogen-bond donors (Lipinski definition) is 2.